The number of carbonyl (C=O) groups excluding carboxylic acids is 3. The first-order valence-electron chi connectivity index (χ1n) is 7.97. The summed E-state index contributed by atoms with van der Waals surface area (Å²) >= 11 is 0. The number of hydrogen-bond donors (Lipinski definition) is 2. The molecule has 0 radical (unpaired) electrons. The van der Waals surface area contributed by atoms with Crippen LogP contribution < -0.4 is 5.32 Å². The highest BCUT2D eigenvalue weighted by Crippen LogP contribution is 2.22. The number of rotatable bonds is 4. The van der Waals surface area contributed by atoms with Crippen LogP contribution in [0.2, 0.25) is 0 Å². The minimum Gasteiger partial charge on any atom is -0.465 e. The summed E-state index contributed by atoms with van der Waals surface area (Å²) in [6.07, 6.45) is 1.66. The molecule has 1 aliphatic heterocycles. The average Bonchev–Trinajstić information content (AvgIpc) is 2.66. The Morgan fingerprint density at radius 3 is 2.60 bits per heavy atom. The molecule has 136 valence electrons. The van der Waals surface area contributed by atoms with Crippen molar-refractivity contribution in [3.8, 4) is 0 Å². The summed E-state index contributed by atoms with van der Waals surface area (Å²) in [5.41, 5.74) is 0.516. The number of nitrogens with zero attached hydrogens (tertiary/aromatic N) is 1. The van der Waals surface area contributed by atoms with Gasteiger partial charge >= 0.3 is 18.0 Å². The minimum absolute atomic E-state index is 0.0228. The molecule has 8 heteroatoms. The number of esters is 2. The predicted molar refractivity (Wildman–Crippen MR) is 89.5 cm³/mol. The highest BCUT2D eigenvalue weighted by atomic mass is 16.5. The number of aliphatic hydroxyl groups excluding tert-OH is 1. The van der Waals surface area contributed by atoms with Gasteiger partial charge in [0, 0.05) is 19.7 Å². The predicted octanol–water partition coefficient (Wildman–Crippen LogP) is 1.50. The van der Waals surface area contributed by atoms with Gasteiger partial charge in [0.15, 0.2) is 0 Å². The number of likely N-dealkylation sites (tertiary alicyclic amines) is 1. The van der Waals surface area contributed by atoms with Gasteiger partial charge in [-0.1, -0.05) is 0 Å². The highest BCUT2D eigenvalue weighted by Gasteiger charge is 2.25. The van der Waals surface area contributed by atoms with Crippen molar-refractivity contribution in [1.82, 2.24) is 4.90 Å². The summed E-state index contributed by atoms with van der Waals surface area (Å²) in [5, 5.41) is 11.9. The molecule has 0 aliphatic carbocycles. The van der Waals surface area contributed by atoms with E-state index in [1.165, 1.54) is 32.4 Å². The zero-order chi connectivity index (χ0) is 18.4. The Bertz CT molecular complexity index is 661. The minimum atomic E-state index is -0.626. The van der Waals surface area contributed by atoms with E-state index in [9.17, 15) is 19.5 Å². The number of piperidine rings is 1. The molecule has 0 aromatic heterocycles. The van der Waals surface area contributed by atoms with Gasteiger partial charge in [-0.3, -0.25) is 0 Å². The van der Waals surface area contributed by atoms with Crippen LogP contribution in [0.1, 0.15) is 33.6 Å². The smallest absolute Gasteiger partial charge is 0.339 e. The van der Waals surface area contributed by atoms with E-state index in [1.807, 2.05) is 0 Å². The molecule has 1 unspecified atom stereocenters. The fourth-order valence-corrected chi connectivity index (χ4v) is 2.77. The summed E-state index contributed by atoms with van der Waals surface area (Å²) in [5.74, 6) is -1.16. The van der Waals surface area contributed by atoms with Crippen LogP contribution in [-0.2, 0) is 9.47 Å². The van der Waals surface area contributed by atoms with Crippen molar-refractivity contribution in [2.75, 3.05) is 39.2 Å². The second-order valence-electron chi connectivity index (χ2n) is 5.81. The Balaban J connectivity index is 2.24. The molecule has 2 N–H and O–H groups in total. The van der Waals surface area contributed by atoms with Gasteiger partial charge in [0.05, 0.1) is 31.0 Å². The SMILES string of the molecule is COC(=O)c1ccc(C(=O)OC)c(NC(=O)N2CCCC(CO)C2)c1. The first-order chi connectivity index (χ1) is 12.0. The molecule has 1 heterocycles. The maximum atomic E-state index is 12.5. The van der Waals surface area contributed by atoms with Crippen LogP contribution in [-0.4, -0.2) is 61.9 Å². The molecule has 1 aliphatic rings. The maximum absolute atomic E-state index is 12.5. The molecule has 2 amide bonds. The van der Waals surface area contributed by atoms with Crippen molar-refractivity contribution >= 4 is 23.7 Å². The van der Waals surface area contributed by atoms with Gasteiger partial charge in [0.1, 0.15) is 0 Å². The summed E-state index contributed by atoms with van der Waals surface area (Å²) in [6.45, 7) is 1.02. The molecule has 0 spiro atoms. The van der Waals surface area contributed by atoms with Crippen molar-refractivity contribution in [3.05, 3.63) is 29.3 Å². The maximum Gasteiger partial charge on any atom is 0.339 e. The van der Waals surface area contributed by atoms with Crippen molar-refractivity contribution in [1.29, 1.82) is 0 Å². The topological polar surface area (TPSA) is 105 Å². The fourth-order valence-electron chi connectivity index (χ4n) is 2.77. The number of amides is 2. The second-order valence-corrected chi connectivity index (χ2v) is 5.81. The molecule has 2 rings (SSSR count). The number of carbonyl (C=O) groups is 3. The van der Waals surface area contributed by atoms with E-state index < -0.39 is 18.0 Å². The van der Waals surface area contributed by atoms with Crippen LogP contribution in [0.4, 0.5) is 10.5 Å². The van der Waals surface area contributed by atoms with E-state index >= 15 is 0 Å². The molecular formula is C17H22N2O6. The molecule has 1 aromatic rings. The Morgan fingerprint density at radius 1 is 1.24 bits per heavy atom. The number of ether oxygens (including phenoxy) is 2. The lowest BCUT2D eigenvalue weighted by atomic mass is 9.99. The lowest BCUT2D eigenvalue weighted by Crippen LogP contribution is -2.43. The number of aliphatic hydroxyl groups is 1. The number of nitrogens with one attached hydrogen (secondary N) is 1. The van der Waals surface area contributed by atoms with Gasteiger partial charge < -0.3 is 24.8 Å². The number of anilines is 1. The largest absolute Gasteiger partial charge is 0.465 e. The molecule has 1 saturated heterocycles. The van der Waals surface area contributed by atoms with Gasteiger partial charge in [0.25, 0.3) is 0 Å². The summed E-state index contributed by atoms with van der Waals surface area (Å²) < 4.78 is 9.37. The van der Waals surface area contributed by atoms with Crippen LogP contribution >= 0.6 is 0 Å². The Kier molecular flexibility index (Phi) is 6.35. The first kappa shape index (κ1) is 18.7. The van der Waals surface area contributed by atoms with Gasteiger partial charge in [0.2, 0.25) is 0 Å². The second kappa shape index (κ2) is 8.48. The number of hydrogen-bond acceptors (Lipinski definition) is 6. The number of urea groups is 1. The van der Waals surface area contributed by atoms with Gasteiger partial charge in [-0.2, -0.15) is 0 Å². The number of benzene rings is 1. The summed E-state index contributed by atoms with van der Waals surface area (Å²) in [6, 6.07) is 3.81. The van der Waals surface area contributed by atoms with Crippen molar-refractivity contribution < 1.29 is 29.0 Å². The zero-order valence-corrected chi connectivity index (χ0v) is 14.3. The third kappa shape index (κ3) is 4.48. The molecule has 0 saturated carbocycles. The Morgan fingerprint density at radius 2 is 1.96 bits per heavy atom. The van der Waals surface area contributed by atoms with Crippen molar-refractivity contribution in [3.63, 3.8) is 0 Å². The first-order valence-corrected chi connectivity index (χ1v) is 7.97. The third-order valence-corrected chi connectivity index (χ3v) is 4.15. The molecule has 0 bridgehead atoms. The lowest BCUT2D eigenvalue weighted by molar-refractivity contribution is 0.0587. The van der Waals surface area contributed by atoms with Crippen LogP contribution in [0, 0.1) is 5.92 Å². The Hall–Kier alpha value is -2.61. The molecule has 1 aromatic carbocycles. The van der Waals surface area contributed by atoms with Crippen LogP contribution in [0.15, 0.2) is 18.2 Å². The summed E-state index contributed by atoms with van der Waals surface area (Å²) in [7, 11) is 2.48. The van der Waals surface area contributed by atoms with Crippen LogP contribution in [0.25, 0.3) is 0 Å². The van der Waals surface area contributed by atoms with Gasteiger partial charge in [-0.15, -0.1) is 0 Å². The summed E-state index contributed by atoms with van der Waals surface area (Å²) in [4.78, 5) is 37.7. The van der Waals surface area contributed by atoms with Crippen LogP contribution in [0.3, 0.4) is 0 Å². The van der Waals surface area contributed by atoms with E-state index in [4.69, 9.17) is 4.74 Å². The quantitative estimate of drug-likeness (QED) is 0.797. The van der Waals surface area contributed by atoms with E-state index in [2.05, 4.69) is 10.1 Å². The highest BCUT2D eigenvalue weighted by molar-refractivity contribution is 6.03. The zero-order valence-electron chi connectivity index (χ0n) is 14.3. The molecular weight excluding hydrogens is 328 g/mol. The van der Waals surface area contributed by atoms with E-state index in [0.717, 1.165) is 12.8 Å². The molecule has 1 atom stereocenters. The molecule has 25 heavy (non-hydrogen) atoms. The van der Waals surface area contributed by atoms with E-state index in [-0.39, 0.29) is 29.3 Å². The number of methoxy groups -OCH3 is 2. The normalized spacial score (nSPS) is 16.9. The van der Waals surface area contributed by atoms with E-state index in [0.29, 0.717) is 13.1 Å². The fraction of sp³-hybridized carbons (Fsp3) is 0.471. The molecule has 1 fully saturated rings. The monoisotopic (exact) mass is 350 g/mol. The molecule has 8 nitrogen and oxygen atoms in total. The average molecular weight is 350 g/mol. The Labute approximate surface area is 145 Å². The van der Waals surface area contributed by atoms with Crippen LogP contribution in [0.5, 0.6) is 0 Å². The van der Waals surface area contributed by atoms with Gasteiger partial charge in [-0.05, 0) is 37.0 Å². The van der Waals surface area contributed by atoms with Crippen molar-refractivity contribution in [2.24, 2.45) is 5.92 Å². The standard InChI is InChI=1S/C17H22N2O6/c1-24-15(21)12-5-6-13(16(22)25-2)14(8-12)18-17(23)19-7-3-4-11(9-19)10-20/h5-6,8,11,20H,3-4,7,9-10H2,1-2H3,(H,18,23). The van der Waals surface area contributed by atoms with Gasteiger partial charge in [-0.25, -0.2) is 14.4 Å². The lowest BCUT2D eigenvalue weighted by Gasteiger charge is -2.32. The van der Waals surface area contributed by atoms with E-state index in [1.54, 1.807) is 4.90 Å². The third-order valence-electron chi connectivity index (χ3n) is 4.15. The van der Waals surface area contributed by atoms with Crippen molar-refractivity contribution in [2.45, 2.75) is 12.8 Å².